The number of hydrogen-bond acceptors (Lipinski definition) is 14. The van der Waals surface area contributed by atoms with E-state index < -0.39 is 21.8 Å². The molecule has 4 N–H and O–H groups in total. The lowest BCUT2D eigenvalue weighted by Gasteiger charge is -2.21. The largest absolute Gasteiger partial charge is 0.493 e. The number of aromatic nitrogens is 3. The second kappa shape index (κ2) is 21.6. The highest BCUT2D eigenvalue weighted by atomic mass is 32.2. The maximum atomic E-state index is 13.1. The lowest BCUT2D eigenvalue weighted by molar-refractivity contribution is -0.135. The van der Waals surface area contributed by atoms with Crippen LogP contribution in [0.15, 0.2) is 63.2 Å². The molecule has 21 heteroatoms. The normalized spacial score (nSPS) is 16.8. The molecular weight excluding hydrogens is 895 g/mol. The predicted octanol–water partition coefficient (Wildman–Crippen LogP) is 2.37. The number of aliphatic imine (C=N–C) groups is 1. The van der Waals surface area contributed by atoms with Crippen molar-refractivity contribution >= 4 is 65.9 Å². The van der Waals surface area contributed by atoms with Gasteiger partial charge in [0, 0.05) is 50.1 Å². The average Bonchev–Trinajstić information content (AvgIpc) is 3.85. The van der Waals surface area contributed by atoms with Crippen LogP contribution in [0.3, 0.4) is 0 Å². The number of thiophene rings is 1. The lowest BCUT2D eigenvalue weighted by Crippen LogP contribution is -2.44. The molecule has 2 aromatic carbocycles. The third-order valence-corrected chi connectivity index (χ3v) is 14.4. The summed E-state index contributed by atoms with van der Waals surface area (Å²) in [5, 5.41) is 5.57. The Morgan fingerprint density at radius 2 is 1.64 bits per heavy atom. The van der Waals surface area contributed by atoms with Crippen molar-refractivity contribution in [2.75, 3.05) is 71.4 Å². The van der Waals surface area contributed by atoms with Crippen LogP contribution in [-0.4, -0.2) is 123 Å². The van der Waals surface area contributed by atoms with Crippen molar-refractivity contribution in [3.05, 3.63) is 79.9 Å². The van der Waals surface area contributed by atoms with Crippen molar-refractivity contribution in [1.82, 2.24) is 24.3 Å². The van der Waals surface area contributed by atoms with E-state index in [1.165, 1.54) is 32.1 Å². The van der Waals surface area contributed by atoms with Crippen LogP contribution in [0.2, 0.25) is 0 Å². The average molecular weight is 950 g/mol. The number of methoxy groups -OCH3 is 1. The van der Waals surface area contributed by atoms with Crippen LogP contribution in [0.5, 0.6) is 11.5 Å². The van der Waals surface area contributed by atoms with Crippen LogP contribution in [0, 0.1) is 0 Å². The van der Waals surface area contributed by atoms with Gasteiger partial charge >= 0.3 is 5.69 Å². The number of nitrogens with zero attached hydrogens (tertiary/aromatic N) is 4. The Morgan fingerprint density at radius 3 is 2.36 bits per heavy atom. The summed E-state index contributed by atoms with van der Waals surface area (Å²) in [6, 6.07) is 11.9. The summed E-state index contributed by atoms with van der Waals surface area (Å²) in [4.78, 5) is 68.0. The zero-order chi connectivity index (χ0) is 47.0. The Balaban J connectivity index is 0.776. The Labute approximate surface area is 384 Å². The van der Waals surface area contributed by atoms with Gasteiger partial charge in [-0.1, -0.05) is 12.1 Å². The number of pyridine rings is 1. The molecule has 3 amide bonds. The van der Waals surface area contributed by atoms with E-state index in [9.17, 15) is 32.4 Å². The summed E-state index contributed by atoms with van der Waals surface area (Å²) in [7, 11) is 1.81. The minimum Gasteiger partial charge on any atom is -0.493 e. The molecule has 3 aromatic heterocycles. The smallest absolute Gasteiger partial charge is 0.329 e. The van der Waals surface area contributed by atoms with Gasteiger partial charge in [-0.3, -0.25) is 38.6 Å². The number of carbonyl (C=O) groups excluding carboxylic acids is 3. The highest BCUT2D eigenvalue weighted by Gasteiger charge is 2.31. The number of imide groups is 1. The molecule has 0 bridgehead atoms. The van der Waals surface area contributed by atoms with E-state index in [-0.39, 0.29) is 79.0 Å². The van der Waals surface area contributed by atoms with Gasteiger partial charge in [0.25, 0.3) is 11.5 Å². The molecule has 0 aliphatic carbocycles. The summed E-state index contributed by atoms with van der Waals surface area (Å²) in [6.07, 6.45) is 4.55. The molecule has 0 spiro atoms. The maximum Gasteiger partial charge on any atom is 0.329 e. The second-order valence-corrected chi connectivity index (χ2v) is 19.5. The van der Waals surface area contributed by atoms with Crippen LogP contribution < -0.4 is 37.1 Å². The van der Waals surface area contributed by atoms with Crippen molar-refractivity contribution in [2.24, 2.45) is 24.8 Å². The fourth-order valence-electron chi connectivity index (χ4n) is 7.98. The molecule has 7 rings (SSSR count). The van der Waals surface area contributed by atoms with E-state index in [4.69, 9.17) is 29.4 Å². The zero-order valence-electron chi connectivity index (χ0n) is 37.2. The van der Waals surface area contributed by atoms with Gasteiger partial charge in [0.1, 0.15) is 21.7 Å². The topological polar surface area (TPSA) is 243 Å². The number of benzene rings is 2. The number of ether oxygens (including phenoxy) is 5. The molecule has 66 heavy (non-hydrogen) atoms. The molecule has 1 unspecified atom stereocenters. The molecule has 2 fully saturated rings. The standard InChI is InChI=1S/C45H55N7O12S2/c1-50-26-32(41-31(44(50)56)25-38(65-41)42(46)48-30-12-21-66(58,59)22-13-30)29-7-10-36(37(24-29)60-3)64-27-40(54)47-14-16-62-18-20-63-19-17-61-15-4-5-28-6-8-33-35(23-28)51(2)45(57)52(33)34-9-11-39(53)49-43(34)55/h6-8,10,23-26,30,34H,4-5,9,11-22,27H2,1-3H3,(H2,46,48)(H,47,54)(H,49,53,55). The number of aryl methyl sites for hydroxylation is 3. The van der Waals surface area contributed by atoms with Crippen LogP contribution in [-0.2, 0) is 58.9 Å². The monoisotopic (exact) mass is 949 g/mol. The van der Waals surface area contributed by atoms with E-state index in [0.717, 1.165) is 35.0 Å². The van der Waals surface area contributed by atoms with Gasteiger partial charge in [0.2, 0.25) is 11.8 Å². The van der Waals surface area contributed by atoms with Gasteiger partial charge < -0.3 is 39.3 Å². The number of nitrogens with one attached hydrogen (secondary N) is 2. The zero-order valence-corrected chi connectivity index (χ0v) is 38.8. The SMILES string of the molecule is COc1cc(-c2cn(C)c(=O)c3cc(C(N)=NC4CCS(=O)(=O)CC4)sc23)ccc1OCC(=O)NCCOCCOCCOCCCc1ccc2c(c1)n(C)c(=O)n2C1CCC(=O)NC1=O. The van der Waals surface area contributed by atoms with Crippen LogP contribution in [0.1, 0.15) is 48.6 Å². The van der Waals surface area contributed by atoms with Crippen molar-refractivity contribution in [3.8, 4) is 22.6 Å². The number of rotatable bonds is 21. The van der Waals surface area contributed by atoms with Crippen LogP contribution in [0.25, 0.3) is 32.2 Å². The highest BCUT2D eigenvalue weighted by Crippen LogP contribution is 2.38. The van der Waals surface area contributed by atoms with E-state index in [2.05, 4.69) is 15.6 Å². The third-order valence-electron chi connectivity index (χ3n) is 11.5. The van der Waals surface area contributed by atoms with Crippen molar-refractivity contribution in [1.29, 1.82) is 0 Å². The maximum absolute atomic E-state index is 13.1. The second-order valence-electron chi connectivity index (χ2n) is 16.2. The van der Waals surface area contributed by atoms with Gasteiger partial charge in [0.15, 0.2) is 18.1 Å². The number of imidazole rings is 1. The lowest BCUT2D eigenvalue weighted by atomic mass is 10.1. The molecule has 1 atom stereocenters. The van der Waals surface area contributed by atoms with Crippen LogP contribution in [0.4, 0.5) is 0 Å². The molecular formula is C45H55N7O12S2. The van der Waals surface area contributed by atoms with E-state index in [1.807, 2.05) is 24.3 Å². The van der Waals surface area contributed by atoms with Gasteiger partial charge in [-0.2, -0.15) is 0 Å². The van der Waals surface area contributed by atoms with Crippen molar-refractivity contribution in [3.63, 3.8) is 0 Å². The highest BCUT2D eigenvalue weighted by molar-refractivity contribution is 7.91. The number of piperidine rings is 1. The number of hydrogen-bond donors (Lipinski definition) is 3. The number of amidine groups is 1. The number of fused-ring (bicyclic) bond motifs is 2. The first-order valence-electron chi connectivity index (χ1n) is 21.7. The van der Waals surface area contributed by atoms with Gasteiger partial charge in [-0.25, -0.2) is 13.2 Å². The van der Waals surface area contributed by atoms with Crippen LogP contribution >= 0.6 is 11.3 Å². The molecule has 5 heterocycles. The molecule has 2 saturated heterocycles. The Hall–Kier alpha value is -5.87. The third kappa shape index (κ3) is 11.6. The summed E-state index contributed by atoms with van der Waals surface area (Å²) in [6.45, 7) is 2.37. The molecule has 5 aromatic rings. The fourth-order valence-corrected chi connectivity index (χ4v) is 10.5. The molecule has 19 nitrogen and oxygen atoms in total. The van der Waals surface area contributed by atoms with E-state index >= 15 is 0 Å². The first-order chi connectivity index (χ1) is 31.7. The number of nitrogens with two attached hydrogens (primary N) is 1. The first-order valence-corrected chi connectivity index (χ1v) is 24.4. The van der Waals surface area contributed by atoms with Gasteiger partial charge in [-0.05, 0) is 73.6 Å². The Morgan fingerprint density at radius 1 is 0.909 bits per heavy atom. The summed E-state index contributed by atoms with van der Waals surface area (Å²) >= 11 is 1.34. The van der Waals surface area contributed by atoms with E-state index in [1.54, 1.807) is 38.5 Å². The molecule has 0 saturated carbocycles. The van der Waals surface area contributed by atoms with Gasteiger partial charge in [-0.15, -0.1) is 11.3 Å². The Bertz CT molecular complexity index is 2850. The van der Waals surface area contributed by atoms with E-state index in [0.29, 0.717) is 77.9 Å². The molecule has 0 radical (unpaired) electrons. The molecule has 2 aliphatic rings. The fraction of sp³-hybridized carbons (Fsp3) is 0.467. The summed E-state index contributed by atoms with van der Waals surface area (Å²) in [5.41, 5.74) is 9.83. The van der Waals surface area contributed by atoms with Crippen molar-refractivity contribution < 1.29 is 46.5 Å². The van der Waals surface area contributed by atoms with Crippen molar-refractivity contribution in [2.45, 2.75) is 50.6 Å². The molecule has 2 aliphatic heterocycles. The minimum absolute atomic E-state index is 0.0807. The Kier molecular flexibility index (Phi) is 15.7. The first kappa shape index (κ1) is 48.1. The number of sulfone groups is 1. The number of amides is 3. The quantitative estimate of drug-likeness (QED) is 0.0415. The number of carbonyl (C=O) groups is 3. The molecule has 354 valence electrons. The van der Waals surface area contributed by atoms with Gasteiger partial charge in [0.05, 0.1) is 79.0 Å². The minimum atomic E-state index is -3.04. The summed E-state index contributed by atoms with van der Waals surface area (Å²) in [5.74, 6) is 0.0617. The predicted molar refractivity (Wildman–Crippen MR) is 249 cm³/mol. The summed E-state index contributed by atoms with van der Waals surface area (Å²) < 4.78 is 57.2.